The average Bonchev–Trinajstić information content (AvgIpc) is 3.19. The maximum absolute atomic E-state index is 12.4. The van der Waals surface area contributed by atoms with Crippen molar-refractivity contribution in [3.63, 3.8) is 0 Å². The first-order chi connectivity index (χ1) is 11.0. The van der Waals surface area contributed by atoms with E-state index in [1.807, 2.05) is 13.8 Å². The Morgan fingerprint density at radius 1 is 1.39 bits per heavy atom. The van der Waals surface area contributed by atoms with E-state index >= 15 is 0 Å². The lowest BCUT2D eigenvalue weighted by atomic mass is 10.1. The van der Waals surface area contributed by atoms with Crippen LogP contribution in [0.2, 0.25) is 0 Å². The normalized spacial score (nSPS) is 21.6. The Labute approximate surface area is 138 Å². The summed E-state index contributed by atoms with van der Waals surface area (Å²) < 4.78 is 5.10. The quantitative estimate of drug-likeness (QED) is 0.828. The monoisotopic (exact) mass is 337 g/mol. The molecule has 2 fully saturated rings. The maximum Gasteiger partial charge on any atom is 0.289 e. The molecule has 0 aliphatic carbocycles. The fourth-order valence-electron chi connectivity index (χ4n) is 3.15. The molecule has 0 N–H and O–H groups in total. The number of amides is 3. The van der Waals surface area contributed by atoms with Crippen LogP contribution in [-0.4, -0.2) is 56.9 Å². The van der Waals surface area contributed by atoms with Crippen LogP contribution >= 0.6 is 11.8 Å². The first-order valence-corrected chi connectivity index (χ1v) is 8.64. The SMILES string of the molecule is Cc1noc(C)c1CCC(=O)N1CCC(N2C(=O)CSC2=O)C1. The van der Waals surface area contributed by atoms with Crippen LogP contribution in [0.1, 0.15) is 29.9 Å². The number of rotatable bonds is 4. The summed E-state index contributed by atoms with van der Waals surface area (Å²) in [5.41, 5.74) is 1.80. The third-order valence-corrected chi connectivity index (χ3v) is 5.27. The summed E-state index contributed by atoms with van der Waals surface area (Å²) in [7, 11) is 0. The van der Waals surface area contributed by atoms with Gasteiger partial charge in [-0.05, 0) is 26.7 Å². The van der Waals surface area contributed by atoms with Crippen molar-refractivity contribution in [2.75, 3.05) is 18.8 Å². The van der Waals surface area contributed by atoms with Crippen LogP contribution < -0.4 is 0 Å². The smallest absolute Gasteiger partial charge is 0.289 e. The van der Waals surface area contributed by atoms with Gasteiger partial charge in [0, 0.05) is 25.1 Å². The molecule has 3 heterocycles. The second kappa shape index (κ2) is 6.35. The average molecular weight is 337 g/mol. The molecule has 0 saturated carbocycles. The number of hydrogen-bond acceptors (Lipinski definition) is 6. The molecule has 1 aromatic rings. The lowest BCUT2D eigenvalue weighted by molar-refractivity contribution is -0.131. The zero-order valence-electron chi connectivity index (χ0n) is 13.2. The number of likely N-dealkylation sites (tertiary alicyclic amines) is 1. The Morgan fingerprint density at radius 2 is 2.17 bits per heavy atom. The molecule has 3 rings (SSSR count). The Kier molecular flexibility index (Phi) is 4.43. The highest BCUT2D eigenvalue weighted by Crippen LogP contribution is 2.26. The Bertz CT molecular complexity index is 622. The maximum atomic E-state index is 12.4. The van der Waals surface area contributed by atoms with Crippen molar-refractivity contribution >= 4 is 28.8 Å². The van der Waals surface area contributed by atoms with E-state index in [1.54, 1.807) is 4.90 Å². The number of nitrogens with zero attached hydrogens (tertiary/aromatic N) is 3. The number of aryl methyl sites for hydroxylation is 2. The highest BCUT2D eigenvalue weighted by molar-refractivity contribution is 8.14. The molecule has 0 aromatic carbocycles. The first kappa shape index (κ1) is 16.0. The van der Waals surface area contributed by atoms with Crippen LogP contribution in [0, 0.1) is 13.8 Å². The number of carbonyl (C=O) groups is 3. The molecular formula is C15H19N3O4S. The van der Waals surface area contributed by atoms with Crippen LogP contribution in [0.5, 0.6) is 0 Å². The van der Waals surface area contributed by atoms with Gasteiger partial charge >= 0.3 is 0 Å². The van der Waals surface area contributed by atoms with Crippen LogP contribution in [0.15, 0.2) is 4.52 Å². The van der Waals surface area contributed by atoms with Gasteiger partial charge in [0.15, 0.2) is 0 Å². The van der Waals surface area contributed by atoms with Gasteiger partial charge in [0.05, 0.1) is 17.5 Å². The van der Waals surface area contributed by atoms with E-state index in [1.165, 1.54) is 4.90 Å². The molecule has 124 valence electrons. The van der Waals surface area contributed by atoms with Crippen molar-refractivity contribution in [3.05, 3.63) is 17.0 Å². The summed E-state index contributed by atoms with van der Waals surface area (Å²) in [6.07, 6.45) is 1.64. The topological polar surface area (TPSA) is 83.7 Å². The van der Waals surface area contributed by atoms with Crippen LogP contribution in [0.25, 0.3) is 0 Å². The second-order valence-electron chi connectivity index (χ2n) is 5.90. The lowest BCUT2D eigenvalue weighted by Gasteiger charge is -2.21. The molecule has 2 saturated heterocycles. The van der Waals surface area contributed by atoms with E-state index in [2.05, 4.69) is 5.16 Å². The van der Waals surface area contributed by atoms with Gasteiger partial charge in [-0.15, -0.1) is 0 Å². The van der Waals surface area contributed by atoms with Crippen LogP contribution in [0.3, 0.4) is 0 Å². The van der Waals surface area contributed by atoms with Crippen molar-refractivity contribution in [1.29, 1.82) is 0 Å². The second-order valence-corrected chi connectivity index (χ2v) is 6.83. The van der Waals surface area contributed by atoms with Gasteiger partial charge in [0.2, 0.25) is 11.8 Å². The molecule has 2 aliphatic rings. The van der Waals surface area contributed by atoms with Crippen LogP contribution in [0.4, 0.5) is 4.79 Å². The van der Waals surface area contributed by atoms with E-state index in [4.69, 9.17) is 4.52 Å². The predicted octanol–water partition coefficient (Wildman–Crippen LogP) is 1.52. The standard InChI is InChI=1S/C15H19N3O4S/c1-9-12(10(2)22-16-9)3-4-13(19)17-6-5-11(7-17)18-14(20)8-23-15(18)21/h11H,3-8H2,1-2H3. The number of thioether (sulfide) groups is 1. The molecule has 23 heavy (non-hydrogen) atoms. The summed E-state index contributed by atoms with van der Waals surface area (Å²) in [5.74, 6) is 0.865. The Hall–Kier alpha value is -1.83. The third kappa shape index (κ3) is 3.12. The molecule has 8 heteroatoms. The van der Waals surface area contributed by atoms with E-state index in [0.29, 0.717) is 32.4 Å². The van der Waals surface area contributed by atoms with E-state index in [9.17, 15) is 14.4 Å². The Morgan fingerprint density at radius 3 is 2.78 bits per heavy atom. The fraction of sp³-hybridized carbons (Fsp3) is 0.600. The summed E-state index contributed by atoms with van der Waals surface area (Å²) in [6.45, 7) is 4.74. The molecule has 0 radical (unpaired) electrons. The largest absolute Gasteiger partial charge is 0.361 e. The molecule has 0 bridgehead atoms. The van der Waals surface area contributed by atoms with Gasteiger partial charge in [-0.1, -0.05) is 16.9 Å². The van der Waals surface area contributed by atoms with Gasteiger partial charge in [0.25, 0.3) is 5.24 Å². The zero-order valence-corrected chi connectivity index (χ0v) is 14.0. The highest BCUT2D eigenvalue weighted by Gasteiger charge is 2.40. The Balaban J connectivity index is 1.55. The third-order valence-electron chi connectivity index (χ3n) is 4.44. The van der Waals surface area contributed by atoms with Crippen molar-refractivity contribution in [2.45, 2.75) is 39.2 Å². The minimum atomic E-state index is -0.190. The minimum absolute atomic E-state index is 0.0410. The van der Waals surface area contributed by atoms with Crippen molar-refractivity contribution in [3.8, 4) is 0 Å². The van der Waals surface area contributed by atoms with E-state index < -0.39 is 0 Å². The molecule has 1 atom stereocenters. The predicted molar refractivity (Wildman–Crippen MR) is 84.0 cm³/mol. The van der Waals surface area contributed by atoms with Gasteiger partial charge in [-0.3, -0.25) is 19.3 Å². The molecule has 1 aromatic heterocycles. The number of imide groups is 1. The summed E-state index contributed by atoms with van der Waals surface area (Å²) >= 11 is 1.04. The molecule has 7 nitrogen and oxygen atoms in total. The fourth-order valence-corrected chi connectivity index (χ4v) is 3.92. The number of aromatic nitrogens is 1. The molecule has 3 amide bonds. The summed E-state index contributed by atoms with van der Waals surface area (Å²) in [4.78, 5) is 39.0. The summed E-state index contributed by atoms with van der Waals surface area (Å²) in [6, 6.07) is -0.173. The minimum Gasteiger partial charge on any atom is -0.361 e. The lowest BCUT2D eigenvalue weighted by Crippen LogP contribution is -2.41. The van der Waals surface area contributed by atoms with Crippen molar-refractivity contribution < 1.29 is 18.9 Å². The molecule has 1 unspecified atom stereocenters. The van der Waals surface area contributed by atoms with Gasteiger partial charge in [-0.25, -0.2) is 0 Å². The highest BCUT2D eigenvalue weighted by atomic mass is 32.2. The zero-order chi connectivity index (χ0) is 16.6. The van der Waals surface area contributed by atoms with Gasteiger partial charge in [-0.2, -0.15) is 0 Å². The van der Waals surface area contributed by atoms with Crippen LogP contribution in [-0.2, 0) is 16.0 Å². The van der Waals surface area contributed by atoms with Crippen molar-refractivity contribution in [2.24, 2.45) is 0 Å². The van der Waals surface area contributed by atoms with Gasteiger partial charge < -0.3 is 9.42 Å². The van der Waals surface area contributed by atoms with Gasteiger partial charge in [0.1, 0.15) is 5.76 Å². The first-order valence-electron chi connectivity index (χ1n) is 7.65. The molecular weight excluding hydrogens is 318 g/mol. The number of hydrogen-bond donors (Lipinski definition) is 0. The molecule has 0 spiro atoms. The van der Waals surface area contributed by atoms with Crippen molar-refractivity contribution in [1.82, 2.24) is 15.0 Å². The van der Waals surface area contributed by atoms with E-state index in [0.717, 1.165) is 28.8 Å². The number of carbonyl (C=O) groups excluding carboxylic acids is 3. The van der Waals surface area contributed by atoms with E-state index in [-0.39, 0.29) is 28.8 Å². The summed E-state index contributed by atoms with van der Waals surface area (Å²) in [5, 5.41) is 3.70. The molecule has 2 aliphatic heterocycles.